The predicted molar refractivity (Wildman–Crippen MR) is 123 cm³/mol. The Bertz CT molecular complexity index is 612. The summed E-state index contributed by atoms with van der Waals surface area (Å²) in [6.45, 7) is 1.86. The monoisotopic (exact) mass is 522 g/mol. The molecule has 0 amide bonds. The molecule has 2 aromatic rings. The van der Waals surface area contributed by atoms with Crippen molar-refractivity contribution in [3.63, 3.8) is 0 Å². The quantitative estimate of drug-likeness (QED) is 0.467. The molecular weight excluding hydrogens is 499 g/mol. The van der Waals surface area contributed by atoms with Gasteiger partial charge in [0.05, 0.1) is 0 Å². The van der Waals surface area contributed by atoms with Gasteiger partial charge in [0.1, 0.15) is 0 Å². The molecule has 0 bridgehead atoms. The Morgan fingerprint density at radius 2 is 1.15 bits per heavy atom. The molecule has 0 aromatic heterocycles. The SMILES string of the molecule is Brc1cccc(CNC2CCCCC2NCc2cccc(Br)c2)c1.Cl.Cl. The lowest BCUT2D eigenvalue weighted by molar-refractivity contribution is 0.281. The van der Waals surface area contributed by atoms with E-state index >= 15 is 0 Å². The molecule has 26 heavy (non-hydrogen) atoms. The van der Waals surface area contributed by atoms with Crippen LogP contribution in [-0.2, 0) is 13.1 Å². The van der Waals surface area contributed by atoms with E-state index in [-0.39, 0.29) is 24.8 Å². The summed E-state index contributed by atoms with van der Waals surface area (Å²) in [5, 5.41) is 7.54. The van der Waals surface area contributed by atoms with E-state index in [1.165, 1.54) is 36.8 Å². The Morgan fingerprint density at radius 1 is 0.731 bits per heavy atom. The summed E-state index contributed by atoms with van der Waals surface area (Å²) >= 11 is 7.11. The molecule has 2 N–H and O–H groups in total. The van der Waals surface area contributed by atoms with Gasteiger partial charge in [0, 0.05) is 34.1 Å². The number of hydrogen-bond acceptors (Lipinski definition) is 2. The molecule has 0 saturated heterocycles. The highest BCUT2D eigenvalue weighted by molar-refractivity contribution is 9.10. The van der Waals surface area contributed by atoms with Gasteiger partial charge in [0.2, 0.25) is 0 Å². The first-order chi connectivity index (χ1) is 11.7. The van der Waals surface area contributed by atoms with Crippen LogP contribution in [0.3, 0.4) is 0 Å². The lowest BCUT2D eigenvalue weighted by Gasteiger charge is -2.33. The molecule has 2 nitrogen and oxygen atoms in total. The number of halogens is 4. The van der Waals surface area contributed by atoms with E-state index in [9.17, 15) is 0 Å². The molecule has 144 valence electrons. The summed E-state index contributed by atoms with van der Waals surface area (Å²) in [6.07, 6.45) is 5.16. The molecule has 6 heteroatoms. The molecule has 1 aliphatic rings. The van der Waals surface area contributed by atoms with Gasteiger partial charge < -0.3 is 10.6 Å². The second kappa shape index (κ2) is 12.4. The molecule has 1 fully saturated rings. The Kier molecular flexibility index (Phi) is 11.4. The number of nitrogens with one attached hydrogen (secondary N) is 2. The largest absolute Gasteiger partial charge is 0.308 e. The van der Waals surface area contributed by atoms with Crippen LogP contribution < -0.4 is 10.6 Å². The average molecular weight is 525 g/mol. The van der Waals surface area contributed by atoms with Gasteiger partial charge in [-0.25, -0.2) is 0 Å². The molecule has 3 rings (SSSR count). The first kappa shape index (κ1) is 23.9. The normalized spacial score (nSPS) is 19.3. The Morgan fingerprint density at radius 3 is 1.54 bits per heavy atom. The Hall–Kier alpha value is -0.100. The lowest BCUT2D eigenvalue weighted by atomic mass is 9.90. The first-order valence-electron chi connectivity index (χ1n) is 8.66. The van der Waals surface area contributed by atoms with E-state index in [0.717, 1.165) is 22.0 Å². The minimum atomic E-state index is 0. The highest BCUT2D eigenvalue weighted by Gasteiger charge is 2.24. The fraction of sp³-hybridized carbons (Fsp3) is 0.400. The van der Waals surface area contributed by atoms with Crippen molar-refractivity contribution in [2.75, 3.05) is 0 Å². The summed E-state index contributed by atoms with van der Waals surface area (Å²) in [5.41, 5.74) is 2.67. The van der Waals surface area contributed by atoms with Crippen molar-refractivity contribution in [1.82, 2.24) is 10.6 Å². The summed E-state index contributed by atoms with van der Waals surface area (Å²) in [6, 6.07) is 18.2. The van der Waals surface area contributed by atoms with E-state index in [2.05, 4.69) is 91.0 Å². The second-order valence-corrected chi connectivity index (χ2v) is 8.35. The van der Waals surface area contributed by atoms with Gasteiger partial charge in [0.25, 0.3) is 0 Å². The predicted octanol–water partition coefficient (Wildman–Crippen LogP) is 6.25. The van der Waals surface area contributed by atoms with Gasteiger partial charge in [-0.3, -0.25) is 0 Å². The smallest absolute Gasteiger partial charge is 0.0224 e. The summed E-state index contributed by atoms with van der Waals surface area (Å²) in [5.74, 6) is 0. The van der Waals surface area contributed by atoms with Crippen LogP contribution >= 0.6 is 56.7 Å². The van der Waals surface area contributed by atoms with Crippen molar-refractivity contribution in [1.29, 1.82) is 0 Å². The van der Waals surface area contributed by atoms with Gasteiger partial charge in [-0.15, -0.1) is 24.8 Å². The molecule has 1 aliphatic carbocycles. The van der Waals surface area contributed by atoms with Crippen molar-refractivity contribution in [2.45, 2.75) is 50.9 Å². The highest BCUT2D eigenvalue weighted by Crippen LogP contribution is 2.20. The van der Waals surface area contributed by atoms with Crippen LogP contribution in [0.2, 0.25) is 0 Å². The lowest BCUT2D eigenvalue weighted by Crippen LogP contribution is -2.49. The average Bonchev–Trinajstić information content (AvgIpc) is 2.59. The molecule has 2 atom stereocenters. The highest BCUT2D eigenvalue weighted by atomic mass is 79.9. The number of benzene rings is 2. The number of hydrogen-bond donors (Lipinski definition) is 2. The van der Waals surface area contributed by atoms with Crippen LogP contribution in [0.1, 0.15) is 36.8 Å². The molecule has 0 spiro atoms. The zero-order valence-electron chi connectivity index (χ0n) is 14.6. The molecule has 1 saturated carbocycles. The molecule has 0 radical (unpaired) electrons. The zero-order chi connectivity index (χ0) is 16.8. The van der Waals surface area contributed by atoms with Gasteiger partial charge in [-0.2, -0.15) is 0 Å². The fourth-order valence-corrected chi connectivity index (χ4v) is 4.30. The van der Waals surface area contributed by atoms with Crippen molar-refractivity contribution < 1.29 is 0 Å². The van der Waals surface area contributed by atoms with Crippen molar-refractivity contribution >= 4 is 56.7 Å². The van der Waals surface area contributed by atoms with E-state index in [0.29, 0.717) is 12.1 Å². The van der Waals surface area contributed by atoms with Gasteiger partial charge >= 0.3 is 0 Å². The molecular formula is C20H26Br2Cl2N2. The zero-order valence-corrected chi connectivity index (χ0v) is 19.4. The molecule has 2 unspecified atom stereocenters. The topological polar surface area (TPSA) is 24.1 Å². The minimum Gasteiger partial charge on any atom is -0.308 e. The van der Waals surface area contributed by atoms with Crippen molar-refractivity contribution in [3.8, 4) is 0 Å². The summed E-state index contributed by atoms with van der Waals surface area (Å²) in [4.78, 5) is 0. The van der Waals surface area contributed by atoms with Crippen LogP contribution in [0, 0.1) is 0 Å². The summed E-state index contributed by atoms with van der Waals surface area (Å²) < 4.78 is 2.30. The molecule has 0 heterocycles. The second-order valence-electron chi connectivity index (χ2n) is 6.52. The van der Waals surface area contributed by atoms with Crippen LogP contribution in [0.25, 0.3) is 0 Å². The van der Waals surface area contributed by atoms with E-state index < -0.39 is 0 Å². The van der Waals surface area contributed by atoms with Gasteiger partial charge in [-0.1, -0.05) is 69.0 Å². The van der Waals surface area contributed by atoms with Gasteiger partial charge in [0.15, 0.2) is 0 Å². The maximum Gasteiger partial charge on any atom is 0.0224 e. The van der Waals surface area contributed by atoms with E-state index in [4.69, 9.17) is 0 Å². The standard InChI is InChI=1S/C20H24Br2N2.2ClH/c21-17-7-3-5-15(11-17)13-23-19-9-1-2-10-20(19)24-14-16-6-4-8-18(22)12-16;;/h3-8,11-12,19-20,23-24H,1-2,9-10,13-14H2;2*1H. The van der Waals surface area contributed by atoms with Crippen LogP contribution in [0.4, 0.5) is 0 Å². The number of rotatable bonds is 6. The Labute approximate surface area is 186 Å². The first-order valence-corrected chi connectivity index (χ1v) is 10.2. The van der Waals surface area contributed by atoms with Crippen molar-refractivity contribution in [2.24, 2.45) is 0 Å². The molecule has 0 aliphatic heterocycles. The third-order valence-electron chi connectivity index (χ3n) is 4.68. The van der Waals surface area contributed by atoms with Crippen molar-refractivity contribution in [3.05, 3.63) is 68.6 Å². The third-order valence-corrected chi connectivity index (χ3v) is 5.67. The van der Waals surface area contributed by atoms with Crippen LogP contribution in [-0.4, -0.2) is 12.1 Å². The minimum absolute atomic E-state index is 0. The molecule has 2 aromatic carbocycles. The van der Waals surface area contributed by atoms with E-state index in [1.807, 2.05) is 0 Å². The fourth-order valence-electron chi connectivity index (χ4n) is 3.41. The maximum atomic E-state index is 3.77. The Balaban J connectivity index is 0.00000169. The third kappa shape index (κ3) is 7.49. The summed E-state index contributed by atoms with van der Waals surface area (Å²) in [7, 11) is 0. The van der Waals surface area contributed by atoms with E-state index in [1.54, 1.807) is 0 Å². The maximum absolute atomic E-state index is 3.77. The van der Waals surface area contributed by atoms with Crippen LogP contribution in [0.5, 0.6) is 0 Å². The van der Waals surface area contributed by atoms with Crippen LogP contribution in [0.15, 0.2) is 57.5 Å². The van der Waals surface area contributed by atoms with Gasteiger partial charge in [-0.05, 0) is 48.2 Å².